The Hall–Kier alpha value is -1.20. The average Bonchev–Trinajstić information content (AvgIpc) is 2.06. The minimum atomic E-state index is -0.0903. The molecule has 0 bridgehead atoms. The van der Waals surface area contributed by atoms with E-state index in [1.54, 1.807) is 12.1 Å². The average molecular weight is 213 g/mol. The fraction of sp³-hybridized carbons (Fsp3) is 0.375. The summed E-state index contributed by atoms with van der Waals surface area (Å²) in [5.41, 5.74) is 0. The Kier molecular flexibility index (Phi) is 2.60. The van der Waals surface area contributed by atoms with E-state index in [1.807, 2.05) is 0 Å². The van der Waals surface area contributed by atoms with E-state index in [4.69, 9.17) is 11.6 Å². The molecule has 1 aromatic heterocycles. The van der Waals surface area contributed by atoms with E-state index < -0.39 is 0 Å². The summed E-state index contributed by atoms with van der Waals surface area (Å²) < 4.78 is 0. The molecule has 0 saturated carbocycles. The minimum absolute atomic E-state index is 0.0760. The Balaban J connectivity index is 1.96. The fourth-order valence-electron chi connectivity index (χ4n) is 1.11. The molecule has 14 heavy (non-hydrogen) atoms. The predicted molar refractivity (Wildman–Crippen MR) is 52.1 cm³/mol. The Morgan fingerprint density at radius 2 is 2.36 bits per heavy atom. The third kappa shape index (κ3) is 2.00. The molecule has 1 atom stereocenters. The van der Waals surface area contributed by atoms with Crippen LogP contribution in [0.3, 0.4) is 0 Å². The number of carbonyl (C=O) groups is 1. The maximum atomic E-state index is 11.4. The molecule has 1 fully saturated rings. The van der Waals surface area contributed by atoms with Crippen LogP contribution in [0.2, 0.25) is 5.15 Å². The van der Waals surface area contributed by atoms with E-state index in [1.165, 1.54) is 0 Å². The molecular formula is C8H9ClN4O. The molecule has 6 heteroatoms. The highest BCUT2D eigenvalue weighted by atomic mass is 35.5. The van der Waals surface area contributed by atoms with Crippen molar-refractivity contribution < 1.29 is 4.79 Å². The SMILES string of the molecule is O=C(Nc1ccc(Cl)nn1)C1CCN1. The van der Waals surface area contributed by atoms with Gasteiger partial charge in [0.15, 0.2) is 11.0 Å². The van der Waals surface area contributed by atoms with E-state index in [-0.39, 0.29) is 11.9 Å². The van der Waals surface area contributed by atoms with Gasteiger partial charge in [-0.25, -0.2) is 0 Å². The molecule has 2 rings (SSSR count). The maximum absolute atomic E-state index is 11.4. The summed E-state index contributed by atoms with van der Waals surface area (Å²) in [7, 11) is 0. The Bertz CT molecular complexity index is 336. The number of nitrogens with one attached hydrogen (secondary N) is 2. The van der Waals surface area contributed by atoms with Crippen molar-refractivity contribution in [2.75, 3.05) is 11.9 Å². The zero-order valence-electron chi connectivity index (χ0n) is 7.33. The van der Waals surface area contributed by atoms with Crippen molar-refractivity contribution in [2.45, 2.75) is 12.5 Å². The lowest BCUT2D eigenvalue weighted by atomic mass is 10.1. The number of hydrogen-bond donors (Lipinski definition) is 2. The second-order valence-electron chi connectivity index (χ2n) is 3.03. The zero-order valence-corrected chi connectivity index (χ0v) is 8.08. The number of aromatic nitrogens is 2. The Morgan fingerprint density at radius 3 is 2.86 bits per heavy atom. The topological polar surface area (TPSA) is 66.9 Å². The van der Waals surface area contributed by atoms with Crippen molar-refractivity contribution in [1.82, 2.24) is 15.5 Å². The maximum Gasteiger partial charge on any atom is 0.242 e. The Morgan fingerprint density at radius 1 is 1.57 bits per heavy atom. The van der Waals surface area contributed by atoms with Crippen LogP contribution in [0.4, 0.5) is 5.82 Å². The monoisotopic (exact) mass is 212 g/mol. The molecule has 5 nitrogen and oxygen atoms in total. The van der Waals surface area contributed by atoms with Gasteiger partial charge in [0.25, 0.3) is 0 Å². The van der Waals surface area contributed by atoms with Gasteiger partial charge in [0.1, 0.15) is 0 Å². The van der Waals surface area contributed by atoms with Crippen LogP contribution >= 0.6 is 11.6 Å². The van der Waals surface area contributed by atoms with Crippen LogP contribution < -0.4 is 10.6 Å². The number of anilines is 1. The van der Waals surface area contributed by atoms with Gasteiger partial charge in [-0.15, -0.1) is 10.2 Å². The quantitative estimate of drug-likeness (QED) is 0.746. The first-order chi connectivity index (χ1) is 6.75. The second-order valence-corrected chi connectivity index (χ2v) is 3.41. The molecule has 1 saturated heterocycles. The first-order valence-corrected chi connectivity index (χ1v) is 4.67. The highest BCUT2D eigenvalue weighted by molar-refractivity contribution is 6.29. The smallest absolute Gasteiger partial charge is 0.242 e. The first kappa shape index (κ1) is 9.36. The number of halogens is 1. The summed E-state index contributed by atoms with van der Waals surface area (Å²) in [6, 6.07) is 3.11. The van der Waals surface area contributed by atoms with Gasteiger partial charge in [0, 0.05) is 0 Å². The fourth-order valence-corrected chi connectivity index (χ4v) is 1.21. The van der Waals surface area contributed by atoms with Gasteiger partial charge < -0.3 is 10.6 Å². The van der Waals surface area contributed by atoms with Gasteiger partial charge in [-0.05, 0) is 25.1 Å². The van der Waals surface area contributed by atoms with Crippen molar-refractivity contribution >= 4 is 23.3 Å². The lowest BCUT2D eigenvalue weighted by Crippen LogP contribution is -2.50. The van der Waals surface area contributed by atoms with Crippen LogP contribution in [0.15, 0.2) is 12.1 Å². The second kappa shape index (κ2) is 3.89. The third-order valence-electron chi connectivity index (χ3n) is 2.02. The number of carbonyl (C=O) groups excluding carboxylic acids is 1. The summed E-state index contributed by atoms with van der Waals surface area (Å²) in [6.07, 6.45) is 0.868. The van der Waals surface area contributed by atoms with Gasteiger partial charge in [0.2, 0.25) is 5.91 Å². The largest absolute Gasteiger partial charge is 0.308 e. The van der Waals surface area contributed by atoms with Crippen LogP contribution in [0.5, 0.6) is 0 Å². The van der Waals surface area contributed by atoms with Crippen molar-refractivity contribution in [2.24, 2.45) is 0 Å². The van der Waals surface area contributed by atoms with E-state index in [2.05, 4.69) is 20.8 Å². The number of rotatable bonds is 2. The summed E-state index contributed by atoms with van der Waals surface area (Å²) >= 11 is 5.55. The molecule has 2 heterocycles. The highest BCUT2D eigenvalue weighted by Crippen LogP contribution is 2.08. The van der Waals surface area contributed by atoms with Crippen LogP contribution in [0, 0.1) is 0 Å². The van der Waals surface area contributed by atoms with Crippen molar-refractivity contribution in [1.29, 1.82) is 0 Å². The zero-order chi connectivity index (χ0) is 9.97. The molecular weight excluding hydrogens is 204 g/mol. The number of amides is 1. The van der Waals surface area contributed by atoms with Gasteiger partial charge in [-0.3, -0.25) is 4.79 Å². The molecule has 74 valence electrons. The van der Waals surface area contributed by atoms with E-state index >= 15 is 0 Å². The molecule has 0 spiro atoms. The molecule has 1 aliphatic heterocycles. The van der Waals surface area contributed by atoms with Gasteiger partial charge in [-0.1, -0.05) is 11.6 Å². The van der Waals surface area contributed by atoms with Crippen molar-refractivity contribution in [3.05, 3.63) is 17.3 Å². The van der Waals surface area contributed by atoms with Crippen LogP contribution in [0.25, 0.3) is 0 Å². The summed E-state index contributed by atoms with van der Waals surface area (Å²) in [6.45, 7) is 0.893. The van der Waals surface area contributed by atoms with Crippen molar-refractivity contribution in [3.8, 4) is 0 Å². The van der Waals surface area contributed by atoms with Crippen LogP contribution in [-0.2, 0) is 4.79 Å². The van der Waals surface area contributed by atoms with E-state index in [9.17, 15) is 4.79 Å². The summed E-state index contributed by atoms with van der Waals surface area (Å²) in [5.74, 6) is 0.348. The molecule has 0 aromatic carbocycles. The lowest BCUT2D eigenvalue weighted by molar-refractivity contribution is -0.119. The van der Waals surface area contributed by atoms with E-state index in [0.29, 0.717) is 11.0 Å². The lowest BCUT2D eigenvalue weighted by Gasteiger charge is -2.25. The molecule has 1 unspecified atom stereocenters. The minimum Gasteiger partial charge on any atom is -0.308 e. The summed E-state index contributed by atoms with van der Waals surface area (Å²) in [5, 5.41) is 13.3. The molecule has 1 aliphatic rings. The number of nitrogens with zero attached hydrogens (tertiary/aromatic N) is 2. The van der Waals surface area contributed by atoms with Crippen molar-refractivity contribution in [3.63, 3.8) is 0 Å². The Labute approximate surface area is 85.9 Å². The van der Waals surface area contributed by atoms with Crippen LogP contribution in [-0.4, -0.2) is 28.7 Å². The van der Waals surface area contributed by atoms with Crippen LogP contribution in [0.1, 0.15) is 6.42 Å². The molecule has 2 N–H and O–H groups in total. The molecule has 0 radical (unpaired) electrons. The van der Waals surface area contributed by atoms with E-state index in [0.717, 1.165) is 13.0 Å². The highest BCUT2D eigenvalue weighted by Gasteiger charge is 2.24. The molecule has 1 aromatic rings. The first-order valence-electron chi connectivity index (χ1n) is 4.29. The normalized spacial score (nSPS) is 19.9. The molecule has 1 amide bonds. The van der Waals surface area contributed by atoms with Gasteiger partial charge in [-0.2, -0.15) is 0 Å². The number of hydrogen-bond acceptors (Lipinski definition) is 4. The third-order valence-corrected chi connectivity index (χ3v) is 2.23. The van der Waals surface area contributed by atoms with Gasteiger partial charge in [0.05, 0.1) is 6.04 Å². The summed E-state index contributed by atoms with van der Waals surface area (Å²) in [4.78, 5) is 11.4. The molecule has 0 aliphatic carbocycles. The van der Waals surface area contributed by atoms with Gasteiger partial charge >= 0.3 is 0 Å². The predicted octanol–water partition coefficient (Wildman–Crippen LogP) is 0.430. The standard InChI is InChI=1S/C8H9ClN4O/c9-6-1-2-7(13-12-6)11-8(14)5-3-4-10-5/h1-2,5,10H,3-4H2,(H,11,13,14).